The fraction of sp³-hybridized carbons (Fsp3) is 0.294. The number of hydrogen-bond donors (Lipinski definition) is 2. The second-order valence-electron chi connectivity index (χ2n) is 5.41. The Hall–Kier alpha value is -2.96. The minimum atomic E-state index is -0.366. The summed E-state index contributed by atoms with van der Waals surface area (Å²) in [6.45, 7) is 0.333. The van der Waals surface area contributed by atoms with Crippen molar-refractivity contribution in [2.45, 2.75) is 12.5 Å². The summed E-state index contributed by atoms with van der Waals surface area (Å²) in [5.74, 6) is 1.18. The topological polar surface area (TPSA) is 89.7 Å². The zero-order valence-electron chi connectivity index (χ0n) is 13.4. The van der Waals surface area contributed by atoms with Crippen molar-refractivity contribution < 1.29 is 19.0 Å². The Morgan fingerprint density at radius 2 is 2.08 bits per heavy atom. The summed E-state index contributed by atoms with van der Waals surface area (Å²) >= 11 is 0. The monoisotopic (exact) mass is 330 g/mol. The maximum atomic E-state index is 12.3. The number of carbonyl (C=O) groups is 1. The molecule has 0 unspecified atom stereocenters. The van der Waals surface area contributed by atoms with E-state index >= 15 is 0 Å². The predicted octanol–water partition coefficient (Wildman–Crippen LogP) is 1.13. The molecule has 0 saturated carbocycles. The second-order valence-corrected chi connectivity index (χ2v) is 5.41. The van der Waals surface area contributed by atoms with E-state index in [-0.39, 0.29) is 28.8 Å². The van der Waals surface area contributed by atoms with Crippen LogP contribution in [-0.2, 0) is 6.42 Å². The Morgan fingerprint density at radius 3 is 2.79 bits per heavy atom. The van der Waals surface area contributed by atoms with Crippen LogP contribution in [0.3, 0.4) is 0 Å². The number of carbonyl (C=O) groups excluding carboxylic acids is 1. The lowest BCUT2D eigenvalue weighted by Crippen LogP contribution is -2.43. The number of fused-ring (bicyclic) bond motifs is 1. The van der Waals surface area contributed by atoms with Gasteiger partial charge in [-0.1, -0.05) is 12.1 Å². The molecule has 7 nitrogen and oxygen atoms in total. The third-order valence-electron chi connectivity index (χ3n) is 3.85. The van der Waals surface area contributed by atoms with Crippen LogP contribution in [0.2, 0.25) is 0 Å². The van der Waals surface area contributed by atoms with Crippen molar-refractivity contribution in [2.75, 3.05) is 20.8 Å². The Morgan fingerprint density at radius 1 is 1.29 bits per heavy atom. The highest BCUT2D eigenvalue weighted by atomic mass is 16.5. The normalized spacial score (nSPS) is 15.8. The molecule has 0 bridgehead atoms. The van der Waals surface area contributed by atoms with Gasteiger partial charge in [-0.25, -0.2) is 0 Å². The van der Waals surface area contributed by atoms with Crippen molar-refractivity contribution >= 4 is 5.91 Å². The highest BCUT2D eigenvalue weighted by molar-refractivity contribution is 5.92. The van der Waals surface area contributed by atoms with Crippen molar-refractivity contribution in [3.8, 4) is 17.2 Å². The van der Waals surface area contributed by atoms with Gasteiger partial charge in [0, 0.05) is 17.8 Å². The van der Waals surface area contributed by atoms with Crippen LogP contribution in [0.1, 0.15) is 16.1 Å². The van der Waals surface area contributed by atoms with Gasteiger partial charge in [-0.05, 0) is 12.5 Å². The highest BCUT2D eigenvalue weighted by Crippen LogP contribution is 2.34. The van der Waals surface area contributed by atoms with Gasteiger partial charge in [0.15, 0.2) is 17.2 Å². The molecule has 1 aromatic carbocycles. The molecule has 0 aliphatic carbocycles. The lowest BCUT2D eigenvalue weighted by Gasteiger charge is -2.27. The van der Waals surface area contributed by atoms with Crippen LogP contribution in [-0.4, -0.2) is 37.8 Å². The van der Waals surface area contributed by atoms with E-state index in [0.29, 0.717) is 24.5 Å². The minimum absolute atomic E-state index is 0.161. The maximum Gasteiger partial charge on any atom is 0.268 e. The Bertz CT molecular complexity index is 815. The van der Waals surface area contributed by atoms with Crippen molar-refractivity contribution in [1.82, 2.24) is 10.3 Å². The van der Waals surface area contributed by atoms with Gasteiger partial charge in [-0.2, -0.15) is 0 Å². The number of amides is 1. The van der Waals surface area contributed by atoms with E-state index in [1.165, 1.54) is 19.4 Å². The molecule has 1 aliphatic rings. The molecule has 7 heteroatoms. The number of methoxy groups -OCH3 is 2. The second kappa shape index (κ2) is 6.66. The van der Waals surface area contributed by atoms with Gasteiger partial charge in [-0.3, -0.25) is 9.59 Å². The van der Waals surface area contributed by atoms with E-state index in [1.54, 1.807) is 7.11 Å². The van der Waals surface area contributed by atoms with E-state index in [0.717, 1.165) is 5.56 Å². The molecule has 0 spiro atoms. The van der Waals surface area contributed by atoms with Crippen molar-refractivity contribution in [3.63, 3.8) is 0 Å². The van der Waals surface area contributed by atoms with Crippen LogP contribution in [0.15, 0.2) is 35.3 Å². The summed E-state index contributed by atoms with van der Waals surface area (Å²) in [6.07, 6.45) is 1.99. The molecule has 1 amide bonds. The lowest BCUT2D eigenvalue weighted by atomic mass is 10.0. The number of H-pyrrole nitrogens is 1. The summed E-state index contributed by atoms with van der Waals surface area (Å²) in [4.78, 5) is 26.8. The summed E-state index contributed by atoms with van der Waals surface area (Å²) in [5.41, 5.74) is 0.794. The molecule has 0 saturated heterocycles. The third kappa shape index (κ3) is 3.05. The van der Waals surface area contributed by atoms with Gasteiger partial charge in [0.1, 0.15) is 12.3 Å². The van der Waals surface area contributed by atoms with Gasteiger partial charge in [0.2, 0.25) is 5.43 Å². The number of benzene rings is 1. The van der Waals surface area contributed by atoms with Gasteiger partial charge >= 0.3 is 0 Å². The van der Waals surface area contributed by atoms with Crippen molar-refractivity contribution in [2.24, 2.45) is 0 Å². The predicted molar refractivity (Wildman–Crippen MR) is 87.1 cm³/mol. The first-order valence-corrected chi connectivity index (χ1v) is 7.48. The molecule has 2 heterocycles. The van der Waals surface area contributed by atoms with Crippen LogP contribution in [0.4, 0.5) is 0 Å². The Kier molecular flexibility index (Phi) is 4.41. The summed E-state index contributed by atoms with van der Waals surface area (Å²) < 4.78 is 15.9. The van der Waals surface area contributed by atoms with Gasteiger partial charge < -0.3 is 24.5 Å². The molecule has 0 radical (unpaired) electrons. The summed E-state index contributed by atoms with van der Waals surface area (Å²) in [7, 11) is 2.99. The zero-order chi connectivity index (χ0) is 17.1. The molecule has 2 aromatic rings. The smallest absolute Gasteiger partial charge is 0.268 e. The quantitative estimate of drug-likeness (QED) is 0.877. The fourth-order valence-corrected chi connectivity index (χ4v) is 2.66. The third-order valence-corrected chi connectivity index (χ3v) is 3.85. The molecule has 2 N–H and O–H groups in total. The number of aromatic amines is 1. The average Bonchev–Trinajstić information content (AvgIpc) is 2.60. The van der Waals surface area contributed by atoms with Gasteiger partial charge in [0.05, 0.1) is 20.3 Å². The van der Waals surface area contributed by atoms with E-state index in [9.17, 15) is 9.59 Å². The molecule has 0 fully saturated rings. The van der Waals surface area contributed by atoms with E-state index in [1.807, 2.05) is 18.2 Å². The van der Waals surface area contributed by atoms with Crippen LogP contribution in [0.5, 0.6) is 17.2 Å². The SMILES string of the molecule is COc1cccc2c1OC[C@@H](NC(=O)c1cc(=O)c(OC)c[nH]1)C2. The summed E-state index contributed by atoms with van der Waals surface area (Å²) in [5, 5.41) is 2.86. The number of para-hydroxylation sites is 1. The molecule has 24 heavy (non-hydrogen) atoms. The fourth-order valence-electron chi connectivity index (χ4n) is 2.66. The van der Waals surface area contributed by atoms with Crippen LogP contribution in [0, 0.1) is 0 Å². The number of hydrogen-bond acceptors (Lipinski definition) is 5. The summed E-state index contributed by atoms with van der Waals surface area (Å²) in [6, 6.07) is 6.68. The minimum Gasteiger partial charge on any atom is -0.493 e. The van der Waals surface area contributed by atoms with Crippen molar-refractivity contribution in [1.29, 1.82) is 0 Å². The molecular formula is C17H18N2O5. The van der Waals surface area contributed by atoms with E-state index in [2.05, 4.69) is 10.3 Å². The maximum absolute atomic E-state index is 12.3. The van der Waals surface area contributed by atoms with Crippen LogP contribution in [0.25, 0.3) is 0 Å². The molecule has 1 atom stereocenters. The molecule has 1 aliphatic heterocycles. The van der Waals surface area contributed by atoms with Crippen LogP contribution < -0.4 is 25.0 Å². The average molecular weight is 330 g/mol. The van der Waals surface area contributed by atoms with Gasteiger partial charge in [-0.15, -0.1) is 0 Å². The number of rotatable bonds is 4. The number of ether oxygens (including phenoxy) is 3. The largest absolute Gasteiger partial charge is 0.493 e. The van der Waals surface area contributed by atoms with Crippen molar-refractivity contribution in [3.05, 3.63) is 51.9 Å². The molecule has 1 aromatic heterocycles. The Labute approximate surface area is 138 Å². The molecule has 3 rings (SSSR count). The first-order valence-electron chi connectivity index (χ1n) is 7.48. The zero-order valence-corrected chi connectivity index (χ0v) is 13.4. The highest BCUT2D eigenvalue weighted by Gasteiger charge is 2.24. The van der Waals surface area contributed by atoms with E-state index < -0.39 is 0 Å². The first-order chi connectivity index (χ1) is 11.6. The lowest BCUT2D eigenvalue weighted by molar-refractivity contribution is 0.0909. The van der Waals surface area contributed by atoms with Crippen LogP contribution >= 0.6 is 0 Å². The number of aromatic nitrogens is 1. The van der Waals surface area contributed by atoms with Gasteiger partial charge in [0.25, 0.3) is 5.91 Å². The molecule has 126 valence electrons. The number of nitrogens with one attached hydrogen (secondary N) is 2. The van der Waals surface area contributed by atoms with E-state index in [4.69, 9.17) is 14.2 Å². The molecular weight excluding hydrogens is 312 g/mol. The Balaban J connectivity index is 1.72. The first kappa shape index (κ1) is 15.9. The number of pyridine rings is 1. The standard InChI is InChI=1S/C17H18N2O5/c1-22-14-5-3-4-10-6-11(9-24-16(10)14)19-17(21)12-7-13(20)15(23-2)8-18-12/h3-5,7-8,11H,6,9H2,1-2H3,(H,18,20)(H,19,21)/t11-/m0/s1.